The predicted molar refractivity (Wildman–Crippen MR) is 196 cm³/mol. The van der Waals surface area contributed by atoms with Gasteiger partial charge in [-0.1, -0.05) is 48.5 Å². The number of ketones is 1. The van der Waals surface area contributed by atoms with Gasteiger partial charge in [0, 0.05) is 31.0 Å². The number of allylic oxidation sites excluding steroid dienone is 1. The summed E-state index contributed by atoms with van der Waals surface area (Å²) in [6, 6.07) is -0.0711. The summed E-state index contributed by atoms with van der Waals surface area (Å²) < 4.78 is 6.15. The number of Topliss-reactive ketones (excluding diaryl/α,β-unsaturated/α-hetero) is 1. The summed E-state index contributed by atoms with van der Waals surface area (Å²) in [4.78, 5) is 54.2. The van der Waals surface area contributed by atoms with Gasteiger partial charge in [0.1, 0.15) is 6.10 Å². The standard InChI is InChI=1S/C40H63N3O6.ClH/c1-23(2)31-26(44)20-40(42-34(48)43-19-14-24(41)22-43)18-17-38(8)25(32(31)40)10-11-28-37(7)15-13-29(49-30(45)21-35(3,4)33(46)47)36(5,6)27(37)12-16-39(28,38)9;/h23-25,27-29H,10-22,41H2,1-9H3,(H,42,48)(H,46,47);1H/t24-,25?,27?,28?,29-,37-,38+,39+,40+;/m0./s1. The van der Waals surface area contributed by atoms with Crippen molar-refractivity contribution in [2.75, 3.05) is 13.1 Å². The Morgan fingerprint density at radius 2 is 1.64 bits per heavy atom. The van der Waals surface area contributed by atoms with Gasteiger partial charge in [0.15, 0.2) is 5.78 Å². The van der Waals surface area contributed by atoms with E-state index in [9.17, 15) is 24.3 Å². The number of fused-ring (bicyclic) bond motifs is 7. The molecule has 3 unspecified atom stereocenters. The van der Waals surface area contributed by atoms with Crippen molar-refractivity contribution in [3.8, 4) is 0 Å². The molecule has 4 saturated carbocycles. The lowest BCUT2D eigenvalue weighted by molar-refractivity contribution is -0.232. The van der Waals surface area contributed by atoms with E-state index >= 15 is 0 Å². The highest BCUT2D eigenvalue weighted by Crippen LogP contribution is 2.76. The van der Waals surface area contributed by atoms with Gasteiger partial charge in [-0.3, -0.25) is 14.4 Å². The zero-order valence-electron chi connectivity index (χ0n) is 32.1. The number of halogens is 1. The van der Waals surface area contributed by atoms with Crippen molar-refractivity contribution in [1.29, 1.82) is 0 Å². The minimum absolute atomic E-state index is 0. The smallest absolute Gasteiger partial charge is 0.318 e. The van der Waals surface area contributed by atoms with Crippen LogP contribution in [-0.2, 0) is 19.1 Å². The number of rotatable bonds is 6. The average Bonchev–Trinajstić information content (AvgIpc) is 3.55. The molecule has 2 amide bonds. The maximum Gasteiger partial charge on any atom is 0.318 e. The third kappa shape index (κ3) is 5.74. The number of ether oxygens (including phenoxy) is 1. The number of nitrogens with one attached hydrogen (secondary N) is 1. The molecule has 1 heterocycles. The van der Waals surface area contributed by atoms with Gasteiger partial charge in [0.05, 0.1) is 17.4 Å². The van der Waals surface area contributed by atoms with Gasteiger partial charge in [0.25, 0.3) is 0 Å². The maximum atomic E-state index is 13.9. The van der Waals surface area contributed by atoms with Crippen molar-refractivity contribution in [3.05, 3.63) is 11.1 Å². The van der Waals surface area contributed by atoms with Crippen molar-refractivity contribution >= 4 is 36.2 Å². The van der Waals surface area contributed by atoms with Crippen LogP contribution in [0, 0.1) is 50.7 Å². The summed E-state index contributed by atoms with van der Waals surface area (Å²) in [7, 11) is 0. The minimum Gasteiger partial charge on any atom is -0.481 e. The van der Waals surface area contributed by atoms with Gasteiger partial charge in [0.2, 0.25) is 0 Å². The molecule has 1 aliphatic heterocycles. The van der Waals surface area contributed by atoms with Crippen molar-refractivity contribution in [2.24, 2.45) is 56.5 Å². The van der Waals surface area contributed by atoms with Gasteiger partial charge in [-0.15, -0.1) is 12.4 Å². The van der Waals surface area contributed by atoms with Crippen LogP contribution in [0.2, 0.25) is 0 Å². The molecule has 9 atom stereocenters. The molecular formula is C40H64ClN3O6. The molecule has 0 bridgehead atoms. The molecule has 6 rings (SSSR count). The maximum absolute atomic E-state index is 13.9. The summed E-state index contributed by atoms with van der Waals surface area (Å²) in [5.74, 6) is -0.0317. The number of nitrogens with zero attached hydrogens (tertiary/aromatic N) is 1. The van der Waals surface area contributed by atoms with Crippen LogP contribution in [0.1, 0.15) is 133 Å². The van der Waals surface area contributed by atoms with Crippen LogP contribution in [0.3, 0.4) is 0 Å². The number of carboxylic acid groups (broad SMARTS) is 1. The lowest BCUT2D eigenvalue weighted by Gasteiger charge is -2.72. The van der Waals surface area contributed by atoms with Gasteiger partial charge in [-0.05, 0) is 123 Å². The number of carbonyl (C=O) groups excluding carboxylic acids is 3. The number of likely N-dealkylation sites (tertiary alicyclic amines) is 1. The number of hydrogen-bond acceptors (Lipinski definition) is 6. The summed E-state index contributed by atoms with van der Waals surface area (Å²) in [6.45, 7) is 20.7. The second-order valence-electron chi connectivity index (χ2n) is 19.4. The Kier molecular flexibility index (Phi) is 9.98. The summed E-state index contributed by atoms with van der Waals surface area (Å²) >= 11 is 0. The van der Waals surface area contributed by atoms with Crippen LogP contribution in [0.5, 0.6) is 0 Å². The molecule has 0 spiro atoms. The van der Waals surface area contributed by atoms with Crippen molar-refractivity contribution in [2.45, 2.75) is 151 Å². The molecule has 9 nitrogen and oxygen atoms in total. The molecule has 50 heavy (non-hydrogen) atoms. The van der Waals surface area contributed by atoms with Crippen molar-refractivity contribution in [1.82, 2.24) is 10.2 Å². The summed E-state index contributed by atoms with van der Waals surface area (Å²) in [5, 5.41) is 13.1. The van der Waals surface area contributed by atoms with E-state index in [1.165, 1.54) is 5.57 Å². The van der Waals surface area contributed by atoms with Crippen LogP contribution in [-0.4, -0.2) is 64.5 Å². The zero-order chi connectivity index (χ0) is 36.1. The Bertz CT molecular complexity index is 1460. The van der Waals surface area contributed by atoms with E-state index in [1.54, 1.807) is 13.8 Å². The third-order valence-corrected chi connectivity index (χ3v) is 15.7. The number of urea groups is 1. The first kappa shape index (κ1) is 39.1. The first-order chi connectivity index (χ1) is 22.6. The first-order valence-electron chi connectivity index (χ1n) is 19.2. The molecule has 0 aromatic rings. The van der Waals surface area contributed by atoms with E-state index in [4.69, 9.17) is 10.5 Å². The van der Waals surface area contributed by atoms with Crippen LogP contribution in [0.15, 0.2) is 11.1 Å². The van der Waals surface area contributed by atoms with Crippen LogP contribution >= 0.6 is 12.4 Å². The molecule has 0 radical (unpaired) electrons. The topological polar surface area (TPSA) is 139 Å². The largest absolute Gasteiger partial charge is 0.481 e. The van der Waals surface area contributed by atoms with Gasteiger partial charge in [-0.2, -0.15) is 0 Å². The SMILES string of the molecule is CC(C)C1=C2C3CCC4[C@@]5(C)CC[C@H](OC(=O)CC(C)(C)C(=O)O)C(C)(C)C5CC[C@@]4(C)[C@]3(C)CC[C@@]2(NC(=O)N2CC[C@H](N)C2)CC1=O.Cl. The second-order valence-corrected chi connectivity index (χ2v) is 19.4. The average molecular weight is 718 g/mol. The zero-order valence-corrected chi connectivity index (χ0v) is 32.9. The highest BCUT2D eigenvalue weighted by molar-refractivity contribution is 6.02. The number of amides is 2. The molecular weight excluding hydrogens is 654 g/mol. The number of carboxylic acids is 1. The number of nitrogens with two attached hydrogens (primary N) is 1. The molecule has 1 saturated heterocycles. The quantitative estimate of drug-likeness (QED) is 0.245. The molecule has 10 heteroatoms. The highest BCUT2D eigenvalue weighted by Gasteiger charge is 2.70. The second kappa shape index (κ2) is 12.8. The highest BCUT2D eigenvalue weighted by atomic mass is 35.5. The molecule has 6 aliphatic rings. The predicted octanol–water partition coefficient (Wildman–Crippen LogP) is 7.30. The van der Waals surface area contributed by atoms with Crippen LogP contribution < -0.4 is 11.1 Å². The normalized spacial score (nSPS) is 40.7. The third-order valence-electron chi connectivity index (χ3n) is 15.7. The van der Waals surface area contributed by atoms with Gasteiger partial charge in [-0.25, -0.2) is 4.79 Å². The van der Waals surface area contributed by atoms with Crippen LogP contribution in [0.4, 0.5) is 4.79 Å². The van der Waals surface area contributed by atoms with Gasteiger partial charge < -0.3 is 25.8 Å². The Hall–Kier alpha value is -2.13. The lowest BCUT2D eigenvalue weighted by atomic mass is 9.33. The fourth-order valence-electron chi connectivity index (χ4n) is 12.8. The number of carbonyl (C=O) groups is 4. The van der Waals surface area contributed by atoms with E-state index in [-0.39, 0.29) is 76.3 Å². The minimum atomic E-state index is -1.16. The van der Waals surface area contributed by atoms with Crippen LogP contribution in [0.25, 0.3) is 0 Å². The van der Waals surface area contributed by atoms with E-state index in [0.717, 1.165) is 63.4 Å². The monoisotopic (exact) mass is 717 g/mol. The Morgan fingerprint density at radius 3 is 2.24 bits per heavy atom. The summed E-state index contributed by atoms with van der Waals surface area (Å²) in [6.07, 6.45) is 8.49. The van der Waals surface area contributed by atoms with E-state index in [2.05, 4.69) is 53.8 Å². The van der Waals surface area contributed by atoms with Gasteiger partial charge >= 0.3 is 18.0 Å². The fourth-order valence-corrected chi connectivity index (χ4v) is 12.8. The lowest BCUT2D eigenvalue weighted by Crippen LogP contribution is -2.67. The first-order valence-corrected chi connectivity index (χ1v) is 19.2. The molecule has 282 valence electrons. The molecule has 0 aromatic carbocycles. The number of aliphatic carboxylic acids is 1. The molecule has 5 fully saturated rings. The molecule has 4 N–H and O–H groups in total. The Balaban J connectivity index is 0.00000486. The fraction of sp³-hybridized carbons (Fsp3) is 0.850. The molecule has 0 aromatic heterocycles. The van der Waals surface area contributed by atoms with E-state index in [0.29, 0.717) is 31.3 Å². The number of hydrogen-bond donors (Lipinski definition) is 3. The molecule has 5 aliphatic carbocycles. The Morgan fingerprint density at radius 1 is 0.960 bits per heavy atom. The Labute approximate surface area is 306 Å². The summed E-state index contributed by atoms with van der Waals surface area (Å²) in [5.41, 5.74) is 6.44. The van der Waals surface area contributed by atoms with Crippen molar-refractivity contribution < 1.29 is 29.0 Å². The van der Waals surface area contributed by atoms with E-state index in [1.807, 2.05) is 4.90 Å². The number of esters is 1. The van der Waals surface area contributed by atoms with E-state index < -0.39 is 22.9 Å². The van der Waals surface area contributed by atoms with Crippen molar-refractivity contribution in [3.63, 3.8) is 0 Å².